The van der Waals surface area contributed by atoms with Crippen LogP contribution >= 0.6 is 0 Å². The number of nitrogens with zero attached hydrogens (tertiary/aromatic N) is 2. The number of hydrogen-bond acceptors (Lipinski definition) is 3. The van der Waals surface area contributed by atoms with Gasteiger partial charge in [0.1, 0.15) is 0 Å². The van der Waals surface area contributed by atoms with Crippen molar-refractivity contribution in [2.24, 2.45) is 5.92 Å². The first-order valence-electron chi connectivity index (χ1n) is 7.63. The molecule has 1 aliphatic heterocycles. The Bertz CT molecular complexity index is 377. The molecule has 1 heterocycles. The molecule has 0 radical (unpaired) electrons. The van der Waals surface area contributed by atoms with E-state index in [1.165, 1.54) is 0 Å². The zero-order chi connectivity index (χ0) is 14.8. The van der Waals surface area contributed by atoms with Crippen molar-refractivity contribution in [3.63, 3.8) is 0 Å². The second kappa shape index (κ2) is 6.12. The van der Waals surface area contributed by atoms with Crippen LogP contribution in [0.2, 0.25) is 0 Å². The van der Waals surface area contributed by atoms with Crippen molar-refractivity contribution < 1.29 is 14.7 Å². The van der Waals surface area contributed by atoms with E-state index in [4.69, 9.17) is 0 Å². The second-order valence-corrected chi connectivity index (χ2v) is 6.50. The quantitative estimate of drug-likeness (QED) is 0.850. The van der Waals surface area contributed by atoms with Gasteiger partial charge in [0.2, 0.25) is 5.91 Å². The molecule has 20 heavy (non-hydrogen) atoms. The third-order valence-electron chi connectivity index (χ3n) is 5.05. The normalized spacial score (nSPS) is 26.4. The van der Waals surface area contributed by atoms with E-state index in [2.05, 4.69) is 4.90 Å². The number of carbonyl (C=O) groups excluding carboxylic acids is 1. The van der Waals surface area contributed by atoms with Gasteiger partial charge in [0, 0.05) is 13.6 Å². The van der Waals surface area contributed by atoms with E-state index >= 15 is 0 Å². The number of amides is 1. The van der Waals surface area contributed by atoms with Gasteiger partial charge in [-0.15, -0.1) is 0 Å². The van der Waals surface area contributed by atoms with Crippen molar-refractivity contribution in [1.82, 2.24) is 9.80 Å². The van der Waals surface area contributed by atoms with Crippen LogP contribution in [0.15, 0.2) is 0 Å². The van der Waals surface area contributed by atoms with E-state index in [1.807, 2.05) is 14.1 Å². The Morgan fingerprint density at radius 1 is 1.30 bits per heavy atom. The maximum Gasteiger partial charge on any atom is 0.305 e. The monoisotopic (exact) mass is 282 g/mol. The molecular formula is C15H26N2O3. The van der Waals surface area contributed by atoms with Gasteiger partial charge in [-0.1, -0.05) is 19.3 Å². The van der Waals surface area contributed by atoms with Gasteiger partial charge in [-0.25, -0.2) is 0 Å². The van der Waals surface area contributed by atoms with Gasteiger partial charge in [0.15, 0.2) is 0 Å². The van der Waals surface area contributed by atoms with Crippen molar-refractivity contribution in [2.75, 3.05) is 27.2 Å². The lowest BCUT2D eigenvalue weighted by atomic mass is 9.77. The van der Waals surface area contributed by atoms with Crippen LogP contribution in [0.25, 0.3) is 0 Å². The first-order chi connectivity index (χ1) is 9.44. The Morgan fingerprint density at radius 3 is 2.45 bits per heavy atom. The molecule has 1 aliphatic carbocycles. The third-order valence-corrected chi connectivity index (χ3v) is 5.05. The number of carboxylic acid groups (broad SMARTS) is 1. The summed E-state index contributed by atoms with van der Waals surface area (Å²) in [7, 11) is 3.84. The summed E-state index contributed by atoms with van der Waals surface area (Å²) >= 11 is 0. The summed E-state index contributed by atoms with van der Waals surface area (Å²) in [4.78, 5) is 27.9. The third kappa shape index (κ3) is 3.14. The highest BCUT2D eigenvalue weighted by molar-refractivity contribution is 5.81. The maximum atomic E-state index is 12.7. The lowest BCUT2D eigenvalue weighted by Gasteiger charge is -2.44. The summed E-state index contributed by atoms with van der Waals surface area (Å²) in [6.07, 6.45) is 5.81. The minimum atomic E-state index is -0.796. The van der Waals surface area contributed by atoms with E-state index < -0.39 is 11.5 Å². The average Bonchev–Trinajstić information content (AvgIpc) is 2.84. The van der Waals surface area contributed by atoms with Gasteiger partial charge in [0.25, 0.3) is 0 Å². The van der Waals surface area contributed by atoms with Crippen LogP contribution < -0.4 is 0 Å². The van der Waals surface area contributed by atoms with E-state index in [9.17, 15) is 14.7 Å². The molecule has 1 amide bonds. The number of carboxylic acids is 1. The Morgan fingerprint density at radius 2 is 1.95 bits per heavy atom. The Kier molecular flexibility index (Phi) is 4.68. The first kappa shape index (κ1) is 15.3. The number of aliphatic carboxylic acids is 1. The molecule has 2 rings (SSSR count). The highest BCUT2D eigenvalue weighted by atomic mass is 16.4. The van der Waals surface area contributed by atoms with Gasteiger partial charge in [-0.05, 0) is 32.9 Å². The summed E-state index contributed by atoms with van der Waals surface area (Å²) in [5, 5.41) is 9.22. The maximum absolute atomic E-state index is 12.7. The summed E-state index contributed by atoms with van der Waals surface area (Å²) < 4.78 is 0. The predicted octanol–water partition coefficient (Wildman–Crippen LogP) is 1.57. The molecule has 1 atom stereocenters. The molecule has 2 aliphatic rings. The highest BCUT2D eigenvalue weighted by Crippen LogP contribution is 2.37. The number of carbonyl (C=O) groups is 2. The number of likely N-dealkylation sites (tertiary alicyclic amines) is 1. The molecular weight excluding hydrogens is 256 g/mol. The Balaban J connectivity index is 2.11. The Labute approximate surface area is 120 Å². The first-order valence-corrected chi connectivity index (χ1v) is 7.63. The molecule has 0 bridgehead atoms. The molecule has 0 aromatic heterocycles. The Hall–Kier alpha value is -1.10. The highest BCUT2D eigenvalue weighted by Gasteiger charge is 2.42. The van der Waals surface area contributed by atoms with Gasteiger partial charge in [0.05, 0.1) is 17.9 Å². The van der Waals surface area contributed by atoms with Crippen LogP contribution in [0.1, 0.15) is 44.9 Å². The predicted molar refractivity (Wildman–Crippen MR) is 76.4 cm³/mol. The molecule has 1 N–H and O–H groups in total. The summed E-state index contributed by atoms with van der Waals surface area (Å²) in [6.45, 7) is 1.75. The van der Waals surface area contributed by atoms with Crippen molar-refractivity contribution in [3.05, 3.63) is 0 Å². The molecule has 114 valence electrons. The molecule has 0 aromatic carbocycles. The minimum Gasteiger partial charge on any atom is -0.481 e. The van der Waals surface area contributed by atoms with Gasteiger partial charge >= 0.3 is 5.97 Å². The zero-order valence-corrected chi connectivity index (χ0v) is 12.6. The van der Waals surface area contributed by atoms with Crippen molar-refractivity contribution in [3.8, 4) is 0 Å². The lowest BCUT2D eigenvalue weighted by molar-refractivity contribution is -0.147. The fraction of sp³-hybridized carbons (Fsp3) is 0.867. The van der Waals surface area contributed by atoms with E-state index in [0.29, 0.717) is 0 Å². The molecule has 1 unspecified atom stereocenters. The van der Waals surface area contributed by atoms with Crippen LogP contribution in [0.4, 0.5) is 0 Å². The largest absolute Gasteiger partial charge is 0.481 e. The molecule has 5 heteroatoms. The molecule has 2 fully saturated rings. The minimum absolute atomic E-state index is 0.0394. The lowest BCUT2D eigenvalue weighted by Crippen LogP contribution is -2.54. The van der Waals surface area contributed by atoms with Gasteiger partial charge in [-0.2, -0.15) is 0 Å². The standard InChI is InChI=1S/C15H26N2O3/c1-16-9-6-12(11-16)14(20)17(2)15(10-13(18)19)7-4-3-5-8-15/h12H,3-11H2,1-2H3,(H,18,19). The van der Waals surface area contributed by atoms with Crippen molar-refractivity contribution in [2.45, 2.75) is 50.5 Å². The molecule has 1 saturated carbocycles. The van der Waals surface area contributed by atoms with Crippen LogP contribution in [0, 0.1) is 5.92 Å². The van der Waals surface area contributed by atoms with Crippen molar-refractivity contribution in [1.29, 1.82) is 0 Å². The van der Waals surface area contributed by atoms with E-state index in [1.54, 1.807) is 4.90 Å². The second-order valence-electron chi connectivity index (χ2n) is 6.50. The van der Waals surface area contributed by atoms with E-state index in [-0.39, 0.29) is 18.2 Å². The smallest absolute Gasteiger partial charge is 0.305 e. The molecule has 0 aromatic rings. The fourth-order valence-corrected chi connectivity index (χ4v) is 3.77. The molecule has 1 saturated heterocycles. The SMILES string of the molecule is CN1CCC(C(=O)N(C)C2(CC(=O)O)CCCCC2)C1. The molecule has 5 nitrogen and oxygen atoms in total. The average molecular weight is 282 g/mol. The fourth-order valence-electron chi connectivity index (χ4n) is 3.77. The van der Waals surface area contributed by atoms with Crippen molar-refractivity contribution >= 4 is 11.9 Å². The summed E-state index contributed by atoms with van der Waals surface area (Å²) in [6, 6.07) is 0. The zero-order valence-electron chi connectivity index (χ0n) is 12.6. The van der Waals surface area contributed by atoms with Crippen LogP contribution in [0.3, 0.4) is 0 Å². The summed E-state index contributed by atoms with van der Waals surface area (Å²) in [5.74, 6) is -0.620. The topological polar surface area (TPSA) is 60.9 Å². The van der Waals surface area contributed by atoms with Gasteiger partial charge < -0.3 is 14.9 Å². The van der Waals surface area contributed by atoms with Crippen LogP contribution in [-0.2, 0) is 9.59 Å². The van der Waals surface area contributed by atoms with Crippen LogP contribution in [-0.4, -0.2) is 59.5 Å². The summed E-state index contributed by atoms with van der Waals surface area (Å²) in [5.41, 5.74) is -0.456. The number of hydrogen-bond donors (Lipinski definition) is 1. The van der Waals surface area contributed by atoms with Gasteiger partial charge in [-0.3, -0.25) is 9.59 Å². The molecule has 0 spiro atoms. The van der Waals surface area contributed by atoms with Crippen LogP contribution in [0.5, 0.6) is 0 Å². The van der Waals surface area contributed by atoms with E-state index in [0.717, 1.165) is 51.6 Å². The number of rotatable bonds is 4.